The van der Waals surface area contributed by atoms with E-state index >= 15 is 0 Å². The molecule has 7 nitrogen and oxygen atoms in total. The first kappa shape index (κ1) is 17.4. The van der Waals surface area contributed by atoms with Crippen LogP contribution in [0.4, 0.5) is 15.3 Å². The van der Waals surface area contributed by atoms with E-state index in [1.54, 1.807) is 18.2 Å². The van der Waals surface area contributed by atoms with Crippen LogP contribution in [0.5, 0.6) is 0 Å². The Balaban J connectivity index is 1.39. The van der Waals surface area contributed by atoms with E-state index in [2.05, 4.69) is 21.3 Å². The number of carbonyl (C=O) groups is 3. The van der Waals surface area contributed by atoms with E-state index in [-0.39, 0.29) is 11.9 Å². The third kappa shape index (κ3) is 3.46. The molecule has 2 aromatic carbocycles. The molecule has 4 rings (SSSR count). The number of halogens is 1. The Kier molecular flexibility index (Phi) is 4.24. The van der Waals surface area contributed by atoms with Gasteiger partial charge in [-0.2, -0.15) is 0 Å². The highest BCUT2D eigenvalue weighted by Gasteiger charge is 2.49. The standard InChI is InChI=1S/C19H17ClN4O3/c20-14-4-1-11(2-5-14)10-21-17(26)22-15-6-3-12-8-19(9-13(12)7-15)16(25)23-18(27)24-19/h1-7H,8-10H2,(H2,21,22,26)(H2,23,24,25,27). The summed E-state index contributed by atoms with van der Waals surface area (Å²) < 4.78 is 0. The average molecular weight is 385 g/mol. The van der Waals surface area contributed by atoms with Crippen molar-refractivity contribution in [2.75, 3.05) is 5.32 Å². The number of fused-ring (bicyclic) bond motifs is 1. The molecule has 138 valence electrons. The number of nitrogens with one attached hydrogen (secondary N) is 4. The minimum Gasteiger partial charge on any atom is -0.334 e. The Hall–Kier alpha value is -3.06. The van der Waals surface area contributed by atoms with E-state index < -0.39 is 11.6 Å². The Labute approximate surface area is 160 Å². The maximum atomic E-state index is 12.1. The Morgan fingerprint density at radius 2 is 1.81 bits per heavy atom. The van der Waals surface area contributed by atoms with Crippen LogP contribution >= 0.6 is 11.6 Å². The van der Waals surface area contributed by atoms with Gasteiger partial charge >= 0.3 is 12.1 Å². The molecule has 8 heteroatoms. The Morgan fingerprint density at radius 1 is 1.07 bits per heavy atom. The van der Waals surface area contributed by atoms with Crippen molar-refractivity contribution in [2.45, 2.75) is 24.9 Å². The fourth-order valence-electron chi connectivity index (χ4n) is 3.49. The minimum atomic E-state index is -0.908. The van der Waals surface area contributed by atoms with Crippen LogP contribution in [0.25, 0.3) is 0 Å². The van der Waals surface area contributed by atoms with Crippen LogP contribution in [0, 0.1) is 0 Å². The van der Waals surface area contributed by atoms with E-state index in [9.17, 15) is 14.4 Å². The first-order valence-electron chi connectivity index (χ1n) is 8.48. The van der Waals surface area contributed by atoms with Crippen LogP contribution in [0.2, 0.25) is 5.02 Å². The van der Waals surface area contributed by atoms with Crippen molar-refractivity contribution in [1.29, 1.82) is 0 Å². The van der Waals surface area contributed by atoms with Crippen molar-refractivity contribution < 1.29 is 14.4 Å². The molecular weight excluding hydrogens is 368 g/mol. The van der Waals surface area contributed by atoms with Gasteiger partial charge in [0.2, 0.25) is 0 Å². The lowest BCUT2D eigenvalue weighted by molar-refractivity contribution is -0.123. The van der Waals surface area contributed by atoms with Gasteiger partial charge in [-0.25, -0.2) is 9.59 Å². The lowest BCUT2D eigenvalue weighted by Gasteiger charge is -2.18. The third-order valence-electron chi connectivity index (χ3n) is 4.83. The van der Waals surface area contributed by atoms with Crippen LogP contribution in [0.15, 0.2) is 42.5 Å². The summed E-state index contributed by atoms with van der Waals surface area (Å²) in [5.41, 5.74) is 2.58. The molecule has 2 aliphatic rings. The molecule has 1 aliphatic carbocycles. The van der Waals surface area contributed by atoms with Crippen LogP contribution in [-0.2, 0) is 24.2 Å². The molecule has 1 fully saturated rings. The smallest absolute Gasteiger partial charge is 0.322 e. The molecule has 1 unspecified atom stereocenters. The second-order valence-corrected chi connectivity index (χ2v) is 7.20. The van der Waals surface area contributed by atoms with Crippen molar-refractivity contribution in [3.05, 3.63) is 64.2 Å². The number of amides is 5. The second-order valence-electron chi connectivity index (χ2n) is 6.76. The first-order chi connectivity index (χ1) is 12.9. The van der Waals surface area contributed by atoms with Gasteiger partial charge in [0.05, 0.1) is 0 Å². The van der Waals surface area contributed by atoms with Crippen LogP contribution in [0.3, 0.4) is 0 Å². The van der Waals surface area contributed by atoms with Gasteiger partial charge in [-0.05, 0) is 41.0 Å². The quantitative estimate of drug-likeness (QED) is 0.611. The van der Waals surface area contributed by atoms with Gasteiger partial charge in [-0.15, -0.1) is 0 Å². The first-order valence-corrected chi connectivity index (χ1v) is 8.86. The number of anilines is 1. The number of imide groups is 1. The van der Waals surface area contributed by atoms with Gasteiger partial charge in [-0.3, -0.25) is 10.1 Å². The lowest BCUT2D eigenvalue weighted by Crippen LogP contribution is -2.47. The molecule has 5 amide bonds. The van der Waals surface area contributed by atoms with Gasteiger partial charge in [0.1, 0.15) is 5.54 Å². The summed E-state index contributed by atoms with van der Waals surface area (Å²) in [6.45, 7) is 0.378. The fourth-order valence-corrected chi connectivity index (χ4v) is 3.62. The number of urea groups is 2. The number of hydrogen-bond donors (Lipinski definition) is 4. The van der Waals surface area contributed by atoms with Gasteiger partial charge in [0.25, 0.3) is 5.91 Å². The molecule has 2 aromatic rings. The molecule has 1 atom stereocenters. The van der Waals surface area contributed by atoms with Crippen molar-refractivity contribution in [2.24, 2.45) is 0 Å². The zero-order chi connectivity index (χ0) is 19.0. The average Bonchev–Trinajstić information content (AvgIpc) is 3.12. The summed E-state index contributed by atoms with van der Waals surface area (Å²) in [6, 6.07) is 11.9. The van der Waals surface area contributed by atoms with Crippen molar-refractivity contribution >= 4 is 35.3 Å². The van der Waals surface area contributed by atoms with Crippen LogP contribution < -0.4 is 21.3 Å². The maximum Gasteiger partial charge on any atom is 0.322 e. The molecule has 1 saturated heterocycles. The molecular formula is C19H17ClN4O3. The maximum absolute atomic E-state index is 12.1. The number of benzene rings is 2. The molecule has 0 saturated carbocycles. The number of hydrogen-bond acceptors (Lipinski definition) is 3. The second kappa shape index (κ2) is 6.59. The zero-order valence-electron chi connectivity index (χ0n) is 14.3. The topological polar surface area (TPSA) is 99.3 Å². The molecule has 1 heterocycles. The summed E-state index contributed by atoms with van der Waals surface area (Å²) >= 11 is 5.84. The highest BCUT2D eigenvalue weighted by Crippen LogP contribution is 2.33. The summed E-state index contributed by atoms with van der Waals surface area (Å²) in [4.78, 5) is 35.7. The molecule has 1 spiro atoms. The van der Waals surface area contributed by atoms with Gasteiger partial charge in [0.15, 0.2) is 0 Å². The normalized spacial score (nSPS) is 20.2. The molecule has 0 aromatic heterocycles. The summed E-state index contributed by atoms with van der Waals surface area (Å²) in [6.07, 6.45) is 0.852. The van der Waals surface area contributed by atoms with E-state index in [0.717, 1.165) is 16.7 Å². The Morgan fingerprint density at radius 3 is 2.52 bits per heavy atom. The predicted octanol–water partition coefficient (Wildman–Crippen LogP) is 2.34. The highest BCUT2D eigenvalue weighted by molar-refractivity contribution is 6.30. The van der Waals surface area contributed by atoms with E-state index in [1.165, 1.54) is 0 Å². The van der Waals surface area contributed by atoms with Gasteiger partial charge < -0.3 is 16.0 Å². The summed E-state index contributed by atoms with van der Waals surface area (Å²) in [7, 11) is 0. The van der Waals surface area contributed by atoms with Crippen LogP contribution in [-0.4, -0.2) is 23.5 Å². The van der Waals surface area contributed by atoms with E-state index in [4.69, 9.17) is 11.6 Å². The van der Waals surface area contributed by atoms with E-state index in [1.807, 2.05) is 24.3 Å². The lowest BCUT2D eigenvalue weighted by atomic mass is 9.96. The highest BCUT2D eigenvalue weighted by atomic mass is 35.5. The minimum absolute atomic E-state index is 0.307. The van der Waals surface area contributed by atoms with Crippen LogP contribution in [0.1, 0.15) is 16.7 Å². The van der Waals surface area contributed by atoms with Gasteiger partial charge in [-0.1, -0.05) is 29.8 Å². The SMILES string of the molecule is O=C(NCc1ccc(Cl)cc1)Nc1ccc2c(c1)CC1(C2)NC(=O)NC1=O. The van der Waals surface area contributed by atoms with Crippen molar-refractivity contribution in [3.8, 4) is 0 Å². The summed E-state index contributed by atoms with van der Waals surface area (Å²) in [5, 5.41) is 11.2. The molecule has 27 heavy (non-hydrogen) atoms. The predicted molar refractivity (Wildman–Crippen MR) is 101 cm³/mol. The number of carbonyl (C=O) groups excluding carboxylic acids is 3. The zero-order valence-corrected chi connectivity index (χ0v) is 15.0. The van der Waals surface area contributed by atoms with Gasteiger partial charge in [0, 0.05) is 30.1 Å². The largest absolute Gasteiger partial charge is 0.334 e. The fraction of sp³-hybridized carbons (Fsp3) is 0.211. The van der Waals surface area contributed by atoms with E-state index in [0.29, 0.717) is 30.1 Å². The Bertz CT molecular complexity index is 944. The number of rotatable bonds is 3. The monoisotopic (exact) mass is 384 g/mol. The molecule has 1 aliphatic heterocycles. The molecule has 0 bridgehead atoms. The molecule has 0 radical (unpaired) electrons. The van der Waals surface area contributed by atoms with Crippen molar-refractivity contribution in [3.63, 3.8) is 0 Å². The molecule has 4 N–H and O–H groups in total. The summed E-state index contributed by atoms with van der Waals surface area (Å²) in [5.74, 6) is -0.307. The third-order valence-corrected chi connectivity index (χ3v) is 5.08. The van der Waals surface area contributed by atoms with Crippen molar-refractivity contribution in [1.82, 2.24) is 16.0 Å².